The lowest BCUT2D eigenvalue weighted by molar-refractivity contribution is -0.116. The summed E-state index contributed by atoms with van der Waals surface area (Å²) in [5, 5.41) is 6.92. The van der Waals surface area contributed by atoms with Gasteiger partial charge >= 0.3 is 0 Å². The molecule has 5 heteroatoms. The number of halogens is 2. The molecule has 22 heavy (non-hydrogen) atoms. The van der Waals surface area contributed by atoms with Crippen LogP contribution >= 0.6 is 23.2 Å². The van der Waals surface area contributed by atoms with Crippen LogP contribution in [0.25, 0.3) is 0 Å². The second kappa shape index (κ2) is 7.03. The van der Waals surface area contributed by atoms with Crippen molar-refractivity contribution >= 4 is 40.5 Å². The summed E-state index contributed by atoms with van der Waals surface area (Å²) in [5.41, 5.74) is 3.85. The molecule has 0 saturated carbocycles. The van der Waals surface area contributed by atoms with E-state index in [2.05, 4.69) is 17.6 Å². The van der Waals surface area contributed by atoms with Gasteiger partial charge in [-0.25, -0.2) is 0 Å². The average molecular weight is 337 g/mol. The molecule has 2 aromatic carbocycles. The number of anilines is 2. The van der Waals surface area contributed by atoms with Crippen LogP contribution in [0, 0.1) is 13.8 Å². The van der Waals surface area contributed by atoms with Gasteiger partial charge in [-0.2, -0.15) is 0 Å². The molecule has 2 aromatic rings. The van der Waals surface area contributed by atoms with Gasteiger partial charge in [0.05, 0.1) is 10.7 Å². The van der Waals surface area contributed by atoms with Crippen molar-refractivity contribution in [3.05, 3.63) is 57.6 Å². The number of amides is 1. The summed E-state index contributed by atoms with van der Waals surface area (Å²) >= 11 is 11.9. The molecule has 0 saturated heterocycles. The highest BCUT2D eigenvalue weighted by Crippen LogP contribution is 2.25. The average Bonchev–Trinajstić information content (AvgIpc) is 2.45. The second-order valence-corrected chi connectivity index (χ2v) is 6.12. The Balaban J connectivity index is 2.04. The van der Waals surface area contributed by atoms with Crippen LogP contribution in [0.2, 0.25) is 10.0 Å². The van der Waals surface area contributed by atoms with E-state index in [0.29, 0.717) is 15.7 Å². The minimum Gasteiger partial charge on any atom is -0.374 e. The first-order chi connectivity index (χ1) is 10.4. The Morgan fingerprint density at radius 3 is 2.41 bits per heavy atom. The van der Waals surface area contributed by atoms with Gasteiger partial charge in [-0.3, -0.25) is 4.79 Å². The van der Waals surface area contributed by atoms with Gasteiger partial charge in [0.25, 0.3) is 0 Å². The fraction of sp³-hybridized carbons (Fsp3) is 0.235. The lowest BCUT2D eigenvalue weighted by Crippen LogP contribution is -2.32. The van der Waals surface area contributed by atoms with E-state index >= 15 is 0 Å². The van der Waals surface area contributed by atoms with E-state index < -0.39 is 6.04 Å². The summed E-state index contributed by atoms with van der Waals surface area (Å²) in [7, 11) is 0. The maximum atomic E-state index is 12.2. The summed E-state index contributed by atoms with van der Waals surface area (Å²) in [6.07, 6.45) is 0. The van der Waals surface area contributed by atoms with Crippen molar-refractivity contribution in [1.29, 1.82) is 0 Å². The monoisotopic (exact) mass is 336 g/mol. The highest BCUT2D eigenvalue weighted by Gasteiger charge is 2.14. The maximum Gasteiger partial charge on any atom is 0.246 e. The van der Waals surface area contributed by atoms with E-state index in [-0.39, 0.29) is 5.91 Å². The third-order valence-electron chi connectivity index (χ3n) is 3.47. The van der Waals surface area contributed by atoms with Crippen molar-refractivity contribution < 1.29 is 4.79 Å². The van der Waals surface area contributed by atoms with Gasteiger partial charge in [-0.15, -0.1) is 0 Å². The molecule has 116 valence electrons. The smallest absolute Gasteiger partial charge is 0.246 e. The molecule has 0 aliphatic carbocycles. The predicted molar refractivity (Wildman–Crippen MR) is 94.1 cm³/mol. The molecule has 1 atom stereocenters. The van der Waals surface area contributed by atoms with Crippen molar-refractivity contribution in [3.8, 4) is 0 Å². The van der Waals surface area contributed by atoms with Gasteiger partial charge in [0.15, 0.2) is 0 Å². The zero-order valence-corrected chi connectivity index (χ0v) is 14.2. The van der Waals surface area contributed by atoms with Crippen LogP contribution in [-0.2, 0) is 4.79 Å². The molecular formula is C17H18Cl2N2O. The van der Waals surface area contributed by atoms with E-state index in [1.807, 2.05) is 25.1 Å². The van der Waals surface area contributed by atoms with Crippen LogP contribution in [0.3, 0.4) is 0 Å². The van der Waals surface area contributed by atoms with Gasteiger partial charge in [-0.05, 0) is 62.2 Å². The Morgan fingerprint density at radius 1 is 1.05 bits per heavy atom. The summed E-state index contributed by atoms with van der Waals surface area (Å²) in [6.45, 7) is 5.89. The van der Waals surface area contributed by atoms with Gasteiger partial charge in [-0.1, -0.05) is 29.3 Å². The third-order valence-corrected chi connectivity index (χ3v) is 4.02. The molecule has 0 fully saturated rings. The lowest BCUT2D eigenvalue weighted by atomic mass is 10.1. The van der Waals surface area contributed by atoms with Crippen LogP contribution in [0.5, 0.6) is 0 Å². The number of benzene rings is 2. The number of hydrogen-bond donors (Lipinski definition) is 2. The van der Waals surface area contributed by atoms with Crippen molar-refractivity contribution in [1.82, 2.24) is 0 Å². The summed E-state index contributed by atoms with van der Waals surface area (Å²) in [6, 6.07) is 10.6. The Labute approximate surface area is 140 Å². The molecule has 0 heterocycles. The molecule has 2 rings (SSSR count). The first-order valence-corrected chi connectivity index (χ1v) is 7.72. The molecular weight excluding hydrogens is 319 g/mol. The Morgan fingerprint density at radius 2 is 1.77 bits per heavy atom. The van der Waals surface area contributed by atoms with E-state index in [4.69, 9.17) is 23.2 Å². The van der Waals surface area contributed by atoms with Crippen LogP contribution in [0.1, 0.15) is 18.1 Å². The largest absolute Gasteiger partial charge is 0.374 e. The minimum atomic E-state index is -0.395. The summed E-state index contributed by atoms with van der Waals surface area (Å²) in [4.78, 5) is 12.2. The highest BCUT2D eigenvalue weighted by molar-refractivity contribution is 6.36. The number of aryl methyl sites for hydroxylation is 2. The molecule has 0 radical (unpaired) electrons. The van der Waals surface area contributed by atoms with Crippen molar-refractivity contribution in [2.24, 2.45) is 0 Å². The lowest BCUT2D eigenvalue weighted by Gasteiger charge is -2.16. The number of nitrogens with one attached hydrogen (secondary N) is 2. The van der Waals surface area contributed by atoms with E-state index in [1.165, 1.54) is 11.1 Å². The molecule has 0 bridgehead atoms. The Bertz CT molecular complexity index is 701. The molecule has 0 aromatic heterocycles. The van der Waals surface area contributed by atoms with E-state index in [0.717, 1.165) is 5.69 Å². The predicted octanol–water partition coefficient (Wildman–Crippen LogP) is 5.05. The quantitative estimate of drug-likeness (QED) is 0.820. The Kier molecular flexibility index (Phi) is 5.33. The third kappa shape index (κ3) is 4.15. The molecule has 2 N–H and O–H groups in total. The highest BCUT2D eigenvalue weighted by atomic mass is 35.5. The fourth-order valence-corrected chi connectivity index (χ4v) is 2.43. The normalized spacial score (nSPS) is 11.9. The van der Waals surface area contributed by atoms with Gasteiger partial charge in [0.1, 0.15) is 6.04 Å². The van der Waals surface area contributed by atoms with Crippen LogP contribution in [-0.4, -0.2) is 11.9 Å². The molecule has 3 nitrogen and oxygen atoms in total. The fourth-order valence-electron chi connectivity index (χ4n) is 1.98. The van der Waals surface area contributed by atoms with Gasteiger partial charge in [0, 0.05) is 10.7 Å². The molecule has 0 aliphatic rings. The molecule has 0 spiro atoms. The summed E-state index contributed by atoms with van der Waals surface area (Å²) < 4.78 is 0. The first-order valence-electron chi connectivity index (χ1n) is 6.96. The van der Waals surface area contributed by atoms with Crippen LogP contribution < -0.4 is 10.6 Å². The van der Waals surface area contributed by atoms with E-state index in [1.54, 1.807) is 25.1 Å². The zero-order valence-electron chi connectivity index (χ0n) is 12.7. The van der Waals surface area contributed by atoms with Crippen molar-refractivity contribution in [2.45, 2.75) is 26.8 Å². The number of rotatable bonds is 4. The van der Waals surface area contributed by atoms with Gasteiger partial charge < -0.3 is 10.6 Å². The maximum absolute atomic E-state index is 12.2. The number of hydrogen-bond acceptors (Lipinski definition) is 2. The van der Waals surface area contributed by atoms with Crippen molar-refractivity contribution in [2.75, 3.05) is 10.6 Å². The standard InChI is InChI=1S/C17H18Cl2N2O/c1-10-4-6-14(8-11(10)2)20-12(3)17(22)21-16-7-5-13(18)9-15(16)19/h4-9,12,20H,1-3H3,(H,21,22). The summed E-state index contributed by atoms with van der Waals surface area (Å²) in [5.74, 6) is -0.164. The zero-order chi connectivity index (χ0) is 16.3. The van der Waals surface area contributed by atoms with Crippen LogP contribution in [0.15, 0.2) is 36.4 Å². The van der Waals surface area contributed by atoms with Gasteiger partial charge in [0.2, 0.25) is 5.91 Å². The molecule has 1 unspecified atom stereocenters. The minimum absolute atomic E-state index is 0.164. The van der Waals surface area contributed by atoms with Crippen LogP contribution in [0.4, 0.5) is 11.4 Å². The second-order valence-electron chi connectivity index (χ2n) is 5.28. The Hall–Kier alpha value is -1.71. The SMILES string of the molecule is Cc1ccc(NC(C)C(=O)Nc2ccc(Cl)cc2Cl)cc1C. The number of carbonyl (C=O) groups excluding carboxylic acids is 1. The van der Waals surface area contributed by atoms with E-state index in [9.17, 15) is 4.79 Å². The number of carbonyl (C=O) groups is 1. The first kappa shape index (κ1) is 16.7. The topological polar surface area (TPSA) is 41.1 Å². The molecule has 0 aliphatic heterocycles. The van der Waals surface area contributed by atoms with Crippen molar-refractivity contribution in [3.63, 3.8) is 0 Å². The molecule has 1 amide bonds.